The summed E-state index contributed by atoms with van der Waals surface area (Å²) in [7, 11) is 4.20. The Bertz CT molecular complexity index is 497. The van der Waals surface area contributed by atoms with Crippen LogP contribution in [0.5, 0.6) is 0 Å². The second kappa shape index (κ2) is 5.83. The SMILES string of the molecule is CCc1ccccc1-c1ccc(CN(C)C)cc1. The fraction of sp³-hybridized carbons (Fsp3) is 0.294. The van der Waals surface area contributed by atoms with Gasteiger partial charge in [-0.1, -0.05) is 55.5 Å². The third-order valence-electron chi connectivity index (χ3n) is 3.16. The van der Waals surface area contributed by atoms with Crippen molar-refractivity contribution < 1.29 is 0 Å². The summed E-state index contributed by atoms with van der Waals surface area (Å²) in [5, 5.41) is 0. The van der Waals surface area contributed by atoms with E-state index in [0.29, 0.717) is 0 Å². The maximum atomic E-state index is 2.23. The Balaban J connectivity index is 2.28. The van der Waals surface area contributed by atoms with Crippen molar-refractivity contribution in [3.63, 3.8) is 0 Å². The summed E-state index contributed by atoms with van der Waals surface area (Å²) in [4.78, 5) is 2.19. The Kier molecular flexibility index (Phi) is 4.16. The molecule has 2 aromatic carbocycles. The van der Waals surface area contributed by atoms with Crippen molar-refractivity contribution in [2.24, 2.45) is 0 Å². The number of rotatable bonds is 4. The molecule has 0 amide bonds. The van der Waals surface area contributed by atoms with Crippen LogP contribution in [0.4, 0.5) is 0 Å². The Hall–Kier alpha value is -1.60. The van der Waals surface area contributed by atoms with E-state index < -0.39 is 0 Å². The van der Waals surface area contributed by atoms with Crippen LogP contribution < -0.4 is 0 Å². The molecule has 0 spiro atoms. The van der Waals surface area contributed by atoms with Gasteiger partial charge in [-0.25, -0.2) is 0 Å². The molecule has 0 aliphatic rings. The van der Waals surface area contributed by atoms with E-state index in [-0.39, 0.29) is 0 Å². The molecule has 0 radical (unpaired) electrons. The lowest BCUT2D eigenvalue weighted by atomic mass is 9.97. The molecule has 94 valence electrons. The summed E-state index contributed by atoms with van der Waals surface area (Å²) in [6, 6.07) is 17.6. The molecular formula is C17H21N. The molecule has 0 bridgehead atoms. The molecule has 1 heteroatoms. The van der Waals surface area contributed by atoms with Gasteiger partial charge in [0.2, 0.25) is 0 Å². The molecule has 18 heavy (non-hydrogen) atoms. The van der Waals surface area contributed by atoms with Crippen molar-refractivity contribution in [1.29, 1.82) is 0 Å². The Labute approximate surface area is 110 Å². The van der Waals surface area contributed by atoms with E-state index in [2.05, 4.69) is 74.4 Å². The molecule has 1 nitrogen and oxygen atoms in total. The molecule has 0 saturated heterocycles. The van der Waals surface area contributed by atoms with Gasteiger partial charge < -0.3 is 4.90 Å². The summed E-state index contributed by atoms with van der Waals surface area (Å²) in [6.07, 6.45) is 1.08. The number of hydrogen-bond donors (Lipinski definition) is 0. The highest BCUT2D eigenvalue weighted by molar-refractivity contribution is 5.67. The molecule has 2 rings (SSSR count). The second-order valence-electron chi connectivity index (χ2n) is 4.95. The predicted octanol–water partition coefficient (Wildman–Crippen LogP) is 3.98. The topological polar surface area (TPSA) is 3.24 Å². The average Bonchev–Trinajstić information content (AvgIpc) is 2.39. The highest BCUT2D eigenvalue weighted by Gasteiger charge is 2.03. The molecular weight excluding hydrogens is 218 g/mol. The normalized spacial score (nSPS) is 10.9. The Morgan fingerprint density at radius 1 is 0.889 bits per heavy atom. The standard InChI is InChI=1S/C17H21N/c1-4-15-7-5-6-8-17(15)16-11-9-14(10-12-16)13-18(2)3/h5-12H,4,13H2,1-3H3. The van der Waals surface area contributed by atoms with Gasteiger partial charge in [0.1, 0.15) is 0 Å². The lowest BCUT2D eigenvalue weighted by Gasteiger charge is -2.11. The highest BCUT2D eigenvalue weighted by atomic mass is 15.0. The van der Waals surface area contributed by atoms with E-state index >= 15 is 0 Å². The van der Waals surface area contributed by atoms with Gasteiger partial charge in [-0.2, -0.15) is 0 Å². The summed E-state index contributed by atoms with van der Waals surface area (Å²) in [6.45, 7) is 3.20. The zero-order chi connectivity index (χ0) is 13.0. The van der Waals surface area contributed by atoms with Crippen molar-refractivity contribution >= 4 is 0 Å². The lowest BCUT2D eigenvalue weighted by molar-refractivity contribution is 0.402. The summed E-state index contributed by atoms with van der Waals surface area (Å²) < 4.78 is 0. The van der Waals surface area contributed by atoms with Crippen LogP contribution in [0, 0.1) is 0 Å². The van der Waals surface area contributed by atoms with Crippen LogP contribution in [0.3, 0.4) is 0 Å². The number of benzene rings is 2. The second-order valence-corrected chi connectivity index (χ2v) is 4.95. The molecule has 0 saturated carbocycles. The van der Waals surface area contributed by atoms with E-state index in [9.17, 15) is 0 Å². The minimum Gasteiger partial charge on any atom is -0.305 e. The first kappa shape index (κ1) is 12.8. The molecule has 2 aromatic rings. The third-order valence-corrected chi connectivity index (χ3v) is 3.16. The fourth-order valence-electron chi connectivity index (χ4n) is 2.27. The van der Waals surface area contributed by atoms with Gasteiger partial charge in [0.05, 0.1) is 0 Å². The quantitative estimate of drug-likeness (QED) is 0.780. The third kappa shape index (κ3) is 2.99. The first-order chi connectivity index (χ1) is 8.70. The minimum absolute atomic E-state index is 0.996. The zero-order valence-corrected chi connectivity index (χ0v) is 11.5. The van der Waals surface area contributed by atoms with Crippen LogP contribution in [-0.2, 0) is 13.0 Å². The predicted molar refractivity (Wildman–Crippen MR) is 78.6 cm³/mol. The maximum absolute atomic E-state index is 2.23. The highest BCUT2D eigenvalue weighted by Crippen LogP contribution is 2.24. The molecule has 0 N–H and O–H groups in total. The Morgan fingerprint density at radius 2 is 1.56 bits per heavy atom. The number of hydrogen-bond acceptors (Lipinski definition) is 1. The average molecular weight is 239 g/mol. The van der Waals surface area contributed by atoms with Crippen molar-refractivity contribution in [1.82, 2.24) is 4.90 Å². The molecule has 0 aliphatic heterocycles. The molecule has 0 atom stereocenters. The first-order valence-electron chi connectivity index (χ1n) is 6.52. The van der Waals surface area contributed by atoms with E-state index in [0.717, 1.165) is 13.0 Å². The van der Waals surface area contributed by atoms with Crippen LogP contribution in [0.15, 0.2) is 48.5 Å². The van der Waals surface area contributed by atoms with Crippen molar-refractivity contribution in [3.8, 4) is 11.1 Å². The first-order valence-corrected chi connectivity index (χ1v) is 6.52. The van der Waals surface area contributed by atoms with E-state index in [1.807, 2.05) is 0 Å². The van der Waals surface area contributed by atoms with Crippen LogP contribution in [0.2, 0.25) is 0 Å². The number of aryl methyl sites for hydroxylation is 1. The van der Waals surface area contributed by atoms with Gasteiger partial charge in [0.15, 0.2) is 0 Å². The number of nitrogens with zero attached hydrogens (tertiary/aromatic N) is 1. The van der Waals surface area contributed by atoms with Crippen molar-refractivity contribution in [2.45, 2.75) is 19.9 Å². The maximum Gasteiger partial charge on any atom is 0.0227 e. The van der Waals surface area contributed by atoms with E-state index in [1.54, 1.807) is 0 Å². The molecule has 0 heterocycles. The smallest absolute Gasteiger partial charge is 0.0227 e. The molecule has 0 unspecified atom stereocenters. The van der Waals surface area contributed by atoms with Gasteiger partial charge in [-0.3, -0.25) is 0 Å². The van der Waals surface area contributed by atoms with Gasteiger partial charge in [0, 0.05) is 6.54 Å². The van der Waals surface area contributed by atoms with Crippen molar-refractivity contribution in [2.75, 3.05) is 14.1 Å². The lowest BCUT2D eigenvalue weighted by Crippen LogP contribution is -2.10. The van der Waals surface area contributed by atoms with E-state index in [4.69, 9.17) is 0 Å². The van der Waals surface area contributed by atoms with Gasteiger partial charge in [-0.15, -0.1) is 0 Å². The molecule has 0 aliphatic carbocycles. The minimum atomic E-state index is 0.996. The van der Waals surface area contributed by atoms with Crippen LogP contribution in [0.1, 0.15) is 18.1 Å². The van der Waals surface area contributed by atoms with Crippen LogP contribution in [0.25, 0.3) is 11.1 Å². The molecule has 0 aromatic heterocycles. The summed E-state index contributed by atoms with van der Waals surface area (Å²) in [5.41, 5.74) is 5.45. The van der Waals surface area contributed by atoms with Crippen LogP contribution in [-0.4, -0.2) is 19.0 Å². The largest absolute Gasteiger partial charge is 0.305 e. The van der Waals surface area contributed by atoms with Gasteiger partial charge >= 0.3 is 0 Å². The van der Waals surface area contributed by atoms with Crippen LogP contribution >= 0.6 is 0 Å². The summed E-state index contributed by atoms with van der Waals surface area (Å²) in [5.74, 6) is 0. The van der Waals surface area contributed by atoms with Gasteiger partial charge in [0.25, 0.3) is 0 Å². The summed E-state index contributed by atoms with van der Waals surface area (Å²) >= 11 is 0. The zero-order valence-electron chi connectivity index (χ0n) is 11.5. The fourth-order valence-corrected chi connectivity index (χ4v) is 2.27. The monoisotopic (exact) mass is 239 g/mol. The Morgan fingerprint density at radius 3 is 2.17 bits per heavy atom. The van der Waals surface area contributed by atoms with E-state index in [1.165, 1.54) is 22.3 Å². The molecule has 0 fully saturated rings. The van der Waals surface area contributed by atoms with Crippen molar-refractivity contribution in [3.05, 3.63) is 59.7 Å². The van der Waals surface area contributed by atoms with Gasteiger partial charge in [-0.05, 0) is 42.8 Å².